The molecule has 0 unspecified atom stereocenters. The zero-order chi connectivity index (χ0) is 39.6. The van der Waals surface area contributed by atoms with Crippen LogP contribution in [0.4, 0.5) is 4.79 Å². The van der Waals surface area contributed by atoms with Crippen LogP contribution >= 0.6 is 11.8 Å². The molecule has 2 fully saturated rings. The lowest BCUT2D eigenvalue weighted by molar-refractivity contribution is -0.146. The molecule has 13 nitrogen and oxygen atoms in total. The second-order valence-corrected chi connectivity index (χ2v) is 16.5. The van der Waals surface area contributed by atoms with Crippen LogP contribution in [0, 0.1) is 11.8 Å². The third kappa shape index (κ3) is 11.7. The van der Waals surface area contributed by atoms with Gasteiger partial charge in [-0.15, -0.1) is 0 Å². The van der Waals surface area contributed by atoms with Gasteiger partial charge in [0.05, 0.1) is 0 Å². The number of fused-ring (bicyclic) bond motifs is 1. The number of primary amides is 1. The standard InChI is InChI=1S/C40H56N6O7S/c1-25(2)21-32(36(49)42-29(34(41)47)18-20-54-6)46-24-28-17-19-45(33(28)38(46)51)37(50)31(23-27-15-11-8-12-16-27)43-35(48)30(22-26-13-9-7-10-14-26)44-39(52)53-40(3,4)5/h7-16,25,28-33H,17-24H2,1-6H3,(H2,41,47)(H,42,49)(H,43,48)(H,44,52)/t28-,29-,30-,31-,32-,33-/m0/s1. The number of carbonyl (C=O) groups is 6. The van der Waals surface area contributed by atoms with Gasteiger partial charge in [-0.05, 0) is 69.1 Å². The Morgan fingerprint density at radius 2 is 1.44 bits per heavy atom. The van der Waals surface area contributed by atoms with Gasteiger partial charge in [0, 0.05) is 31.8 Å². The summed E-state index contributed by atoms with van der Waals surface area (Å²) in [4.78, 5) is 84.8. The normalized spacial score (nSPS) is 19.1. The number of carbonyl (C=O) groups excluding carboxylic acids is 6. The highest BCUT2D eigenvalue weighted by Crippen LogP contribution is 2.35. The predicted molar refractivity (Wildman–Crippen MR) is 208 cm³/mol. The molecule has 2 saturated heterocycles. The molecule has 0 aromatic heterocycles. The summed E-state index contributed by atoms with van der Waals surface area (Å²) in [5.74, 6) is -1.98. The minimum atomic E-state index is -1.07. The maximum Gasteiger partial charge on any atom is 0.408 e. The molecule has 2 aliphatic rings. The van der Waals surface area contributed by atoms with E-state index in [1.165, 1.54) is 16.7 Å². The minimum absolute atomic E-state index is 0.0496. The first kappa shape index (κ1) is 42.2. The van der Waals surface area contributed by atoms with Gasteiger partial charge in [-0.3, -0.25) is 24.0 Å². The molecule has 14 heteroatoms. The van der Waals surface area contributed by atoms with E-state index in [0.717, 1.165) is 11.1 Å². The fourth-order valence-electron chi connectivity index (χ4n) is 7.07. The average Bonchev–Trinajstić information content (AvgIpc) is 3.67. The van der Waals surface area contributed by atoms with E-state index in [-0.39, 0.29) is 37.1 Å². The van der Waals surface area contributed by atoms with Crippen LogP contribution in [0.5, 0.6) is 0 Å². The number of hydrogen-bond acceptors (Lipinski definition) is 8. The van der Waals surface area contributed by atoms with Gasteiger partial charge in [0.25, 0.3) is 0 Å². The zero-order valence-electron chi connectivity index (χ0n) is 32.2. The van der Waals surface area contributed by atoms with Crippen molar-refractivity contribution in [3.8, 4) is 0 Å². The van der Waals surface area contributed by atoms with Gasteiger partial charge in [-0.2, -0.15) is 11.8 Å². The summed E-state index contributed by atoms with van der Waals surface area (Å²) >= 11 is 1.53. The van der Waals surface area contributed by atoms with Crippen molar-refractivity contribution in [1.82, 2.24) is 25.8 Å². The van der Waals surface area contributed by atoms with Crippen LogP contribution in [-0.4, -0.2) is 106 Å². The molecule has 4 rings (SSSR count). The highest BCUT2D eigenvalue weighted by atomic mass is 32.2. The molecule has 6 atom stereocenters. The molecule has 5 N–H and O–H groups in total. The fraction of sp³-hybridized carbons (Fsp3) is 0.550. The Morgan fingerprint density at radius 1 is 0.870 bits per heavy atom. The number of nitrogens with one attached hydrogen (secondary N) is 3. The first-order valence-corrected chi connectivity index (χ1v) is 20.0. The number of ether oxygens (including phenoxy) is 1. The lowest BCUT2D eigenvalue weighted by Gasteiger charge is -2.32. The summed E-state index contributed by atoms with van der Waals surface area (Å²) in [6.07, 6.45) is 2.68. The quantitative estimate of drug-likeness (QED) is 0.190. The van der Waals surface area contributed by atoms with E-state index in [0.29, 0.717) is 31.6 Å². The Labute approximate surface area is 322 Å². The molecule has 0 saturated carbocycles. The second kappa shape index (κ2) is 19.1. The average molecular weight is 765 g/mol. The minimum Gasteiger partial charge on any atom is -0.444 e. The third-order valence-corrected chi connectivity index (χ3v) is 10.2. The Morgan fingerprint density at radius 3 is 1.98 bits per heavy atom. The van der Waals surface area contributed by atoms with E-state index in [1.54, 1.807) is 25.7 Å². The van der Waals surface area contributed by atoms with Crippen LogP contribution in [0.1, 0.15) is 65.0 Å². The molecule has 6 amide bonds. The van der Waals surface area contributed by atoms with E-state index in [1.807, 2.05) is 80.8 Å². The van der Waals surface area contributed by atoms with Gasteiger partial charge in [-0.1, -0.05) is 74.5 Å². The fourth-order valence-corrected chi connectivity index (χ4v) is 7.54. The van der Waals surface area contributed by atoms with Gasteiger partial charge < -0.3 is 36.2 Å². The molecule has 2 aliphatic heterocycles. The van der Waals surface area contributed by atoms with Gasteiger partial charge >= 0.3 is 6.09 Å². The van der Waals surface area contributed by atoms with E-state index in [4.69, 9.17) is 10.5 Å². The lowest BCUT2D eigenvalue weighted by Crippen LogP contribution is -2.58. The maximum atomic E-state index is 14.6. The van der Waals surface area contributed by atoms with Gasteiger partial charge in [-0.25, -0.2) is 4.79 Å². The summed E-state index contributed by atoms with van der Waals surface area (Å²) in [6, 6.07) is 13.8. The van der Waals surface area contributed by atoms with Crippen LogP contribution in [-0.2, 0) is 41.6 Å². The van der Waals surface area contributed by atoms with Gasteiger partial charge in [0.2, 0.25) is 29.5 Å². The van der Waals surface area contributed by atoms with Crippen molar-refractivity contribution in [2.24, 2.45) is 17.6 Å². The smallest absolute Gasteiger partial charge is 0.408 e. The van der Waals surface area contributed by atoms with E-state index in [9.17, 15) is 28.8 Å². The number of rotatable bonds is 17. The molecular weight excluding hydrogens is 709 g/mol. The SMILES string of the molecule is CSCC[C@H](NC(=O)[C@H](CC(C)C)N1C[C@@H]2CCN(C(=O)[C@H](Cc3ccccc3)NC(=O)[C@H](Cc3ccccc3)NC(=O)OC(C)(C)C)[C@@H]2C1=O)C(N)=O. The van der Waals surface area contributed by atoms with E-state index in [2.05, 4.69) is 16.0 Å². The maximum absolute atomic E-state index is 14.6. The first-order valence-electron chi connectivity index (χ1n) is 18.6. The molecule has 294 valence electrons. The van der Waals surface area contributed by atoms with Crippen LogP contribution in [0.3, 0.4) is 0 Å². The highest BCUT2D eigenvalue weighted by Gasteiger charge is 2.53. The number of nitrogens with two attached hydrogens (primary N) is 1. The van der Waals surface area contributed by atoms with Crippen LogP contribution in [0.15, 0.2) is 60.7 Å². The van der Waals surface area contributed by atoms with Crippen molar-refractivity contribution in [2.45, 2.75) is 103 Å². The summed E-state index contributed by atoms with van der Waals surface area (Å²) in [5.41, 5.74) is 6.40. The van der Waals surface area contributed by atoms with Crippen LogP contribution < -0.4 is 21.7 Å². The largest absolute Gasteiger partial charge is 0.444 e. The monoisotopic (exact) mass is 764 g/mol. The molecule has 0 bridgehead atoms. The van der Waals surface area contributed by atoms with Crippen LogP contribution in [0.2, 0.25) is 0 Å². The van der Waals surface area contributed by atoms with Gasteiger partial charge in [0.15, 0.2) is 0 Å². The topological polar surface area (TPSA) is 180 Å². The molecule has 0 aliphatic carbocycles. The Hall–Kier alpha value is -4.59. The molecule has 0 radical (unpaired) electrons. The Kier molecular flexibility index (Phi) is 14.9. The second-order valence-electron chi connectivity index (χ2n) is 15.5. The lowest BCUT2D eigenvalue weighted by atomic mass is 10.0. The van der Waals surface area contributed by atoms with E-state index < -0.39 is 65.5 Å². The number of amides is 6. The highest BCUT2D eigenvalue weighted by molar-refractivity contribution is 7.98. The Bertz CT molecular complexity index is 1620. The first-order chi connectivity index (χ1) is 25.6. The molecular formula is C40H56N6O7S. The molecule has 54 heavy (non-hydrogen) atoms. The number of likely N-dealkylation sites (tertiary alicyclic amines) is 2. The van der Waals surface area contributed by atoms with Crippen molar-refractivity contribution in [1.29, 1.82) is 0 Å². The number of hydrogen-bond donors (Lipinski definition) is 4. The molecule has 2 heterocycles. The summed E-state index contributed by atoms with van der Waals surface area (Å²) < 4.78 is 5.46. The van der Waals surface area contributed by atoms with E-state index >= 15 is 0 Å². The summed E-state index contributed by atoms with van der Waals surface area (Å²) in [6.45, 7) is 9.67. The third-order valence-electron chi connectivity index (χ3n) is 9.60. The molecule has 2 aromatic carbocycles. The van der Waals surface area contributed by atoms with Crippen LogP contribution in [0.25, 0.3) is 0 Å². The summed E-state index contributed by atoms with van der Waals surface area (Å²) in [5, 5.41) is 8.40. The van der Waals surface area contributed by atoms with Crippen molar-refractivity contribution in [3.05, 3.63) is 71.8 Å². The predicted octanol–water partition coefficient (Wildman–Crippen LogP) is 3.05. The number of thioether (sulfide) groups is 1. The Balaban J connectivity index is 1.58. The molecule has 2 aromatic rings. The van der Waals surface area contributed by atoms with Crippen molar-refractivity contribution in [2.75, 3.05) is 25.1 Å². The number of benzene rings is 2. The van der Waals surface area contributed by atoms with Crippen molar-refractivity contribution in [3.63, 3.8) is 0 Å². The van der Waals surface area contributed by atoms with Crippen molar-refractivity contribution >= 4 is 47.4 Å². The molecule has 0 spiro atoms. The zero-order valence-corrected chi connectivity index (χ0v) is 33.0. The number of alkyl carbamates (subject to hydrolysis) is 1. The van der Waals surface area contributed by atoms with Gasteiger partial charge in [0.1, 0.15) is 35.8 Å². The summed E-state index contributed by atoms with van der Waals surface area (Å²) in [7, 11) is 0. The number of nitrogens with zero attached hydrogens (tertiary/aromatic N) is 2. The van der Waals surface area contributed by atoms with Crippen molar-refractivity contribution < 1.29 is 33.5 Å².